The smallest absolute Gasteiger partial charge is 0.257 e. The minimum Gasteiger partial charge on any atom is -0.372 e. The van der Waals surface area contributed by atoms with Crippen LogP contribution >= 0.6 is 12.2 Å². The van der Waals surface area contributed by atoms with Crippen molar-refractivity contribution in [3.63, 3.8) is 0 Å². The van der Waals surface area contributed by atoms with Gasteiger partial charge in [-0.25, -0.2) is 0 Å². The van der Waals surface area contributed by atoms with E-state index in [-0.39, 0.29) is 18.1 Å². The van der Waals surface area contributed by atoms with E-state index in [1.807, 2.05) is 37.8 Å². The Kier molecular flexibility index (Phi) is 4.73. The Morgan fingerprint density at radius 1 is 1.25 bits per heavy atom. The molecule has 1 aliphatic rings. The minimum atomic E-state index is -0.165. The van der Waals surface area contributed by atoms with Gasteiger partial charge in [-0.05, 0) is 45.1 Å². The molecule has 108 valence electrons. The molecule has 4 nitrogen and oxygen atoms in total. The summed E-state index contributed by atoms with van der Waals surface area (Å²) in [6.45, 7) is 7.41. The van der Waals surface area contributed by atoms with E-state index in [9.17, 15) is 4.79 Å². The third-order valence-corrected chi connectivity index (χ3v) is 3.60. The lowest BCUT2D eigenvalue weighted by atomic mass is 10.1. The molecule has 0 spiro atoms. The van der Waals surface area contributed by atoms with E-state index in [1.54, 1.807) is 12.1 Å². The predicted octanol–water partition coefficient (Wildman–Crippen LogP) is 2.12. The molecule has 20 heavy (non-hydrogen) atoms. The van der Waals surface area contributed by atoms with Crippen LogP contribution in [0.4, 0.5) is 0 Å². The number of hydrogen-bond acceptors (Lipinski definition) is 3. The van der Waals surface area contributed by atoms with Crippen LogP contribution < -0.4 is 5.32 Å². The maximum atomic E-state index is 12.1. The number of carbonyl (C=O) groups excluding carboxylic acids is 1. The highest BCUT2D eigenvalue weighted by atomic mass is 32.1. The van der Waals surface area contributed by atoms with Gasteiger partial charge in [-0.1, -0.05) is 17.7 Å². The summed E-state index contributed by atoms with van der Waals surface area (Å²) in [7, 11) is 0. The van der Waals surface area contributed by atoms with Crippen molar-refractivity contribution in [2.45, 2.75) is 33.0 Å². The number of thiocarbonyl (C=S) groups is 1. The molecule has 1 aliphatic heterocycles. The summed E-state index contributed by atoms with van der Waals surface area (Å²) in [6, 6.07) is 7.43. The Labute approximate surface area is 125 Å². The first-order valence-electron chi connectivity index (χ1n) is 6.78. The van der Waals surface area contributed by atoms with Crippen LogP contribution in [0.15, 0.2) is 24.3 Å². The van der Waals surface area contributed by atoms with Crippen LogP contribution in [0.25, 0.3) is 0 Å². The van der Waals surface area contributed by atoms with Gasteiger partial charge in [-0.3, -0.25) is 10.1 Å². The monoisotopic (exact) mass is 292 g/mol. The molecule has 1 fully saturated rings. The van der Waals surface area contributed by atoms with Gasteiger partial charge in [0, 0.05) is 18.7 Å². The van der Waals surface area contributed by atoms with Crippen molar-refractivity contribution < 1.29 is 9.53 Å². The van der Waals surface area contributed by atoms with E-state index in [4.69, 9.17) is 17.0 Å². The predicted molar refractivity (Wildman–Crippen MR) is 82.8 cm³/mol. The third kappa shape index (κ3) is 3.77. The summed E-state index contributed by atoms with van der Waals surface area (Å²) in [5.41, 5.74) is 1.74. The van der Waals surface area contributed by atoms with Crippen molar-refractivity contribution in [2.24, 2.45) is 0 Å². The molecular weight excluding hydrogens is 272 g/mol. The SMILES string of the molecule is Cc1ccc(C(=O)NC(=S)N2CC(C)OC(C)C2)cc1. The number of rotatable bonds is 1. The van der Waals surface area contributed by atoms with E-state index in [1.165, 1.54) is 0 Å². The number of carbonyl (C=O) groups is 1. The number of aryl methyl sites for hydroxylation is 1. The summed E-state index contributed by atoms with van der Waals surface area (Å²) >= 11 is 5.32. The molecular formula is C15H20N2O2S. The zero-order chi connectivity index (χ0) is 14.7. The topological polar surface area (TPSA) is 41.6 Å². The Balaban J connectivity index is 1.97. The maximum Gasteiger partial charge on any atom is 0.257 e. The average Bonchev–Trinajstić information content (AvgIpc) is 2.38. The van der Waals surface area contributed by atoms with Crippen molar-refractivity contribution in [3.8, 4) is 0 Å². The Hall–Kier alpha value is -1.46. The fourth-order valence-electron chi connectivity index (χ4n) is 2.30. The molecule has 0 aromatic heterocycles. The van der Waals surface area contributed by atoms with Gasteiger partial charge in [0.2, 0.25) is 0 Å². The summed E-state index contributed by atoms with van der Waals surface area (Å²) < 4.78 is 5.66. The van der Waals surface area contributed by atoms with Gasteiger partial charge in [0.25, 0.3) is 5.91 Å². The van der Waals surface area contributed by atoms with Crippen LogP contribution in [0.5, 0.6) is 0 Å². The molecule has 0 aliphatic carbocycles. The largest absolute Gasteiger partial charge is 0.372 e. The fraction of sp³-hybridized carbons (Fsp3) is 0.467. The van der Waals surface area contributed by atoms with Crippen molar-refractivity contribution in [1.29, 1.82) is 0 Å². The quantitative estimate of drug-likeness (QED) is 0.805. The summed E-state index contributed by atoms with van der Waals surface area (Å²) in [4.78, 5) is 14.1. The third-order valence-electron chi connectivity index (χ3n) is 3.24. The molecule has 0 radical (unpaired) electrons. The Bertz CT molecular complexity index is 491. The molecule has 2 rings (SSSR count). The van der Waals surface area contributed by atoms with Crippen molar-refractivity contribution in [1.82, 2.24) is 10.2 Å². The van der Waals surface area contributed by atoms with Crippen LogP contribution in [0.1, 0.15) is 29.8 Å². The van der Waals surface area contributed by atoms with Crippen LogP contribution in [0.3, 0.4) is 0 Å². The lowest BCUT2D eigenvalue weighted by molar-refractivity contribution is -0.0481. The second kappa shape index (κ2) is 6.33. The van der Waals surface area contributed by atoms with Crippen LogP contribution in [-0.2, 0) is 4.74 Å². The fourth-order valence-corrected chi connectivity index (χ4v) is 2.54. The van der Waals surface area contributed by atoms with Gasteiger partial charge >= 0.3 is 0 Å². The molecule has 1 N–H and O–H groups in total. The van der Waals surface area contributed by atoms with Gasteiger partial charge in [-0.15, -0.1) is 0 Å². The number of morpholine rings is 1. The number of nitrogens with zero attached hydrogens (tertiary/aromatic N) is 1. The molecule has 5 heteroatoms. The first-order chi connectivity index (χ1) is 9.45. The standard InChI is InChI=1S/C15H20N2O2S/c1-10-4-6-13(7-5-10)14(18)16-15(20)17-8-11(2)19-12(3)9-17/h4-7,11-12H,8-9H2,1-3H3,(H,16,18,20). The summed E-state index contributed by atoms with van der Waals surface area (Å²) in [5.74, 6) is -0.165. The lowest BCUT2D eigenvalue weighted by Crippen LogP contribution is -2.52. The Morgan fingerprint density at radius 3 is 2.35 bits per heavy atom. The molecule has 1 aromatic carbocycles. The van der Waals surface area contributed by atoms with Gasteiger partial charge in [0.05, 0.1) is 12.2 Å². The highest BCUT2D eigenvalue weighted by Crippen LogP contribution is 2.11. The normalized spacial score (nSPS) is 22.4. The number of amides is 1. The van der Waals surface area contributed by atoms with Crippen LogP contribution in [0, 0.1) is 6.92 Å². The molecule has 2 unspecified atom stereocenters. The van der Waals surface area contributed by atoms with E-state index < -0.39 is 0 Å². The first kappa shape index (κ1) is 14.9. The first-order valence-corrected chi connectivity index (χ1v) is 7.19. The lowest BCUT2D eigenvalue weighted by Gasteiger charge is -2.36. The molecule has 2 atom stereocenters. The van der Waals surface area contributed by atoms with E-state index in [0.717, 1.165) is 5.56 Å². The number of benzene rings is 1. The summed E-state index contributed by atoms with van der Waals surface area (Å²) in [6.07, 6.45) is 0.237. The highest BCUT2D eigenvalue weighted by Gasteiger charge is 2.24. The average molecular weight is 292 g/mol. The van der Waals surface area contributed by atoms with E-state index in [2.05, 4.69) is 5.32 Å². The number of hydrogen-bond donors (Lipinski definition) is 1. The molecule has 1 amide bonds. The van der Waals surface area contributed by atoms with Gasteiger partial charge < -0.3 is 9.64 Å². The maximum absolute atomic E-state index is 12.1. The van der Waals surface area contributed by atoms with E-state index in [0.29, 0.717) is 23.8 Å². The zero-order valence-electron chi connectivity index (χ0n) is 12.1. The van der Waals surface area contributed by atoms with Crippen LogP contribution in [-0.4, -0.2) is 41.2 Å². The zero-order valence-corrected chi connectivity index (χ0v) is 12.9. The highest BCUT2D eigenvalue weighted by molar-refractivity contribution is 7.80. The van der Waals surface area contributed by atoms with Gasteiger partial charge in [0.15, 0.2) is 5.11 Å². The summed E-state index contributed by atoms with van der Waals surface area (Å²) in [5, 5.41) is 3.26. The second-order valence-corrected chi connectivity index (χ2v) is 5.67. The van der Waals surface area contributed by atoms with Crippen LogP contribution in [0.2, 0.25) is 0 Å². The Morgan fingerprint density at radius 2 is 1.80 bits per heavy atom. The molecule has 0 saturated carbocycles. The second-order valence-electron chi connectivity index (χ2n) is 5.29. The van der Waals surface area contributed by atoms with Crippen molar-refractivity contribution in [3.05, 3.63) is 35.4 Å². The molecule has 0 bridgehead atoms. The van der Waals surface area contributed by atoms with Gasteiger partial charge in [0.1, 0.15) is 0 Å². The number of nitrogens with one attached hydrogen (secondary N) is 1. The molecule has 1 heterocycles. The van der Waals surface area contributed by atoms with Crippen molar-refractivity contribution in [2.75, 3.05) is 13.1 Å². The molecule has 1 saturated heterocycles. The van der Waals surface area contributed by atoms with Crippen molar-refractivity contribution >= 4 is 23.2 Å². The number of ether oxygens (including phenoxy) is 1. The molecule has 1 aromatic rings. The minimum absolute atomic E-state index is 0.118. The van der Waals surface area contributed by atoms with Gasteiger partial charge in [-0.2, -0.15) is 0 Å². The van der Waals surface area contributed by atoms with E-state index >= 15 is 0 Å².